The number of halogens is 1. The van der Waals surface area contributed by atoms with E-state index in [9.17, 15) is 4.79 Å². The van der Waals surface area contributed by atoms with Crippen LogP contribution in [0.25, 0.3) is 0 Å². The number of aldehydes is 1. The smallest absolute Gasteiger partial charge is 0.204 e. The van der Waals surface area contributed by atoms with E-state index in [1.165, 1.54) is 24.6 Å². The second-order valence-corrected chi connectivity index (χ2v) is 6.33. The summed E-state index contributed by atoms with van der Waals surface area (Å²) in [5.74, 6) is 1.82. The first-order chi connectivity index (χ1) is 13.7. The van der Waals surface area contributed by atoms with E-state index in [4.69, 9.17) is 25.9 Å². The molecule has 0 unspecified atom stereocenters. The van der Waals surface area contributed by atoms with Crippen LogP contribution in [0.15, 0.2) is 40.0 Å². The molecule has 0 radical (unpaired) electrons. The molecule has 7 heteroatoms. The van der Waals surface area contributed by atoms with Gasteiger partial charge in [-0.3, -0.25) is 14.6 Å². The van der Waals surface area contributed by atoms with Crippen molar-refractivity contribution in [3.63, 3.8) is 0 Å². The van der Waals surface area contributed by atoms with Crippen LogP contribution in [0.5, 0.6) is 5.75 Å². The van der Waals surface area contributed by atoms with Crippen LogP contribution < -0.4 is 10.5 Å². The van der Waals surface area contributed by atoms with E-state index in [2.05, 4.69) is 38.4 Å². The Morgan fingerprint density at radius 2 is 1.69 bits per heavy atom. The lowest BCUT2D eigenvalue weighted by molar-refractivity contribution is -0.107. The quantitative estimate of drug-likeness (QED) is 0.400. The highest BCUT2D eigenvalue weighted by Gasteiger charge is 1.92. The fraction of sp³-hybridized carbons (Fsp3) is 0.455. The van der Waals surface area contributed by atoms with Crippen LogP contribution in [0.4, 0.5) is 0 Å². The Kier molecular flexibility index (Phi) is 32.6. The van der Waals surface area contributed by atoms with E-state index >= 15 is 0 Å². The first-order valence-corrected chi connectivity index (χ1v) is 9.46. The molecule has 0 aliphatic carbocycles. The number of nitrogens with two attached hydrogens (primary N) is 1. The van der Waals surface area contributed by atoms with Crippen molar-refractivity contribution in [2.45, 2.75) is 54.4 Å². The van der Waals surface area contributed by atoms with Crippen LogP contribution in [0, 0.1) is 12.8 Å². The van der Waals surface area contributed by atoms with Gasteiger partial charge in [0.05, 0.1) is 7.11 Å². The third-order valence-electron chi connectivity index (χ3n) is 2.86. The van der Waals surface area contributed by atoms with Gasteiger partial charge in [0.25, 0.3) is 0 Å². The highest BCUT2D eigenvalue weighted by atomic mass is 35.5. The third-order valence-corrected chi connectivity index (χ3v) is 3.05. The van der Waals surface area contributed by atoms with Crippen molar-refractivity contribution < 1.29 is 19.1 Å². The van der Waals surface area contributed by atoms with Gasteiger partial charge in [-0.05, 0) is 38.8 Å². The number of aryl methyl sites for hydroxylation is 1. The maximum absolute atomic E-state index is 10.1. The number of hydrogen-bond donors (Lipinski definition) is 1. The summed E-state index contributed by atoms with van der Waals surface area (Å²) in [4.78, 5) is 30.4. The van der Waals surface area contributed by atoms with Crippen molar-refractivity contribution in [2.75, 3.05) is 7.11 Å². The summed E-state index contributed by atoms with van der Waals surface area (Å²) >= 11 is 5.46. The topological polar surface area (TPSA) is 98.8 Å². The van der Waals surface area contributed by atoms with Crippen LogP contribution in [-0.4, -0.2) is 32.8 Å². The average Bonchev–Trinajstić information content (AvgIpc) is 2.69. The molecule has 0 saturated carbocycles. The molecule has 0 heterocycles. The minimum absolute atomic E-state index is 0.250. The zero-order chi connectivity index (χ0) is 23.7. The van der Waals surface area contributed by atoms with Crippen molar-refractivity contribution in [3.8, 4) is 5.75 Å². The molecule has 2 N–H and O–H groups in total. The van der Waals surface area contributed by atoms with Gasteiger partial charge in [-0.15, -0.1) is 0 Å². The van der Waals surface area contributed by atoms with Crippen molar-refractivity contribution in [1.82, 2.24) is 0 Å². The van der Waals surface area contributed by atoms with E-state index in [1.807, 2.05) is 31.1 Å². The second kappa shape index (κ2) is 27.7. The minimum Gasteiger partial charge on any atom is -0.497 e. The predicted molar refractivity (Wildman–Crippen MR) is 124 cm³/mol. The molecule has 1 aromatic carbocycles. The number of carbonyl (C=O) groups excluding carboxylic acids is 3. The Hall–Kier alpha value is -2.47. The first-order valence-electron chi connectivity index (χ1n) is 9.08. The fourth-order valence-electron chi connectivity index (χ4n) is 1.59. The molecule has 1 aromatic rings. The molecule has 1 amide bonds. The summed E-state index contributed by atoms with van der Waals surface area (Å²) in [6.07, 6.45) is 5.11. The Balaban J connectivity index is -0.000000148. The van der Waals surface area contributed by atoms with Crippen molar-refractivity contribution in [1.29, 1.82) is 0 Å². The molecule has 1 rings (SSSR count). The molecule has 166 valence electrons. The summed E-state index contributed by atoms with van der Waals surface area (Å²) in [7, 11) is 1.67. The van der Waals surface area contributed by atoms with Gasteiger partial charge in [0.2, 0.25) is 6.41 Å². The van der Waals surface area contributed by atoms with E-state index in [-0.39, 0.29) is 6.41 Å². The van der Waals surface area contributed by atoms with E-state index in [0.29, 0.717) is 17.0 Å². The Labute approximate surface area is 181 Å². The summed E-state index contributed by atoms with van der Waals surface area (Å²) in [6, 6.07) is 7.96. The lowest BCUT2D eigenvalue weighted by Crippen LogP contribution is -1.82. The Morgan fingerprint density at radius 1 is 1.24 bits per heavy atom. The van der Waals surface area contributed by atoms with Crippen LogP contribution in [0.1, 0.15) is 53.0 Å². The molecule has 0 saturated heterocycles. The van der Waals surface area contributed by atoms with Gasteiger partial charge < -0.3 is 15.3 Å². The first kappa shape index (κ1) is 34.1. The molecule has 0 atom stereocenters. The maximum atomic E-state index is 10.1. The molecule has 0 aromatic heterocycles. The van der Waals surface area contributed by atoms with E-state index in [1.54, 1.807) is 21.0 Å². The molecular weight excluding hydrogens is 392 g/mol. The van der Waals surface area contributed by atoms with E-state index in [0.717, 1.165) is 11.7 Å². The fourth-order valence-corrected chi connectivity index (χ4v) is 1.68. The van der Waals surface area contributed by atoms with Gasteiger partial charge in [-0.25, -0.2) is 0 Å². The molecule has 29 heavy (non-hydrogen) atoms. The van der Waals surface area contributed by atoms with Gasteiger partial charge >= 0.3 is 0 Å². The highest BCUT2D eigenvalue weighted by molar-refractivity contribution is 6.30. The second-order valence-electron chi connectivity index (χ2n) is 5.76. The third kappa shape index (κ3) is 30.5. The number of rotatable bonds is 5. The van der Waals surface area contributed by atoms with Crippen LogP contribution in [0.2, 0.25) is 0 Å². The number of amides is 1. The van der Waals surface area contributed by atoms with Gasteiger partial charge in [0.15, 0.2) is 6.29 Å². The molecular formula is C22H37ClN2O4. The predicted octanol–water partition coefficient (Wildman–Crippen LogP) is 5.11. The van der Waals surface area contributed by atoms with Crippen LogP contribution >= 0.6 is 11.6 Å². The standard InChI is InChI=1S/C8H10O.C6H8ClNO.C6H14.CH3NO.CH2O/c1-7-3-5-8(9-2)6-4-7;1-3-8-6(4-9)5(2)7;1-4-5-6(2)3;2-1-3;1-2/h3-6H,1-2H3;3-4H,1-2H3;6H,4-5H2,1-3H3;1H,(H2,2,3);1H2/b;6-5+,8-3?;;;. The highest BCUT2D eigenvalue weighted by Crippen LogP contribution is 2.09. The number of primary amides is 1. The van der Waals surface area contributed by atoms with Crippen molar-refractivity contribution >= 4 is 37.3 Å². The van der Waals surface area contributed by atoms with E-state index < -0.39 is 0 Å². The van der Waals surface area contributed by atoms with Crippen molar-refractivity contribution in [2.24, 2.45) is 16.6 Å². The lowest BCUT2D eigenvalue weighted by atomic mass is 10.1. The number of methoxy groups -OCH3 is 1. The Morgan fingerprint density at radius 3 is 1.86 bits per heavy atom. The molecule has 0 bridgehead atoms. The molecule has 0 fully saturated rings. The molecule has 0 spiro atoms. The zero-order valence-electron chi connectivity index (χ0n) is 18.8. The number of hydrogen-bond acceptors (Lipinski definition) is 5. The van der Waals surface area contributed by atoms with Gasteiger partial charge in [0.1, 0.15) is 18.2 Å². The largest absolute Gasteiger partial charge is 0.497 e. The van der Waals surface area contributed by atoms with Gasteiger partial charge in [-0.2, -0.15) is 0 Å². The molecule has 6 nitrogen and oxygen atoms in total. The van der Waals surface area contributed by atoms with Gasteiger partial charge in [-0.1, -0.05) is 62.9 Å². The zero-order valence-corrected chi connectivity index (χ0v) is 19.5. The summed E-state index contributed by atoms with van der Waals surface area (Å²) in [5, 5.41) is 0.420. The molecule has 0 aliphatic rings. The van der Waals surface area contributed by atoms with Gasteiger partial charge in [0, 0.05) is 11.2 Å². The monoisotopic (exact) mass is 428 g/mol. The lowest BCUT2D eigenvalue weighted by Gasteiger charge is -1.97. The minimum atomic E-state index is 0.250. The maximum Gasteiger partial charge on any atom is 0.204 e. The van der Waals surface area contributed by atoms with Crippen molar-refractivity contribution in [3.05, 3.63) is 40.6 Å². The summed E-state index contributed by atoms with van der Waals surface area (Å²) in [5.41, 5.74) is 5.72. The number of ether oxygens (including phenoxy) is 1. The summed E-state index contributed by atoms with van der Waals surface area (Å²) < 4.78 is 4.97. The summed E-state index contributed by atoms with van der Waals surface area (Å²) in [6.45, 7) is 14.1. The average molecular weight is 429 g/mol. The SMILES string of the molecule is C=O.CC=N/C(C=O)=C(\C)Cl.CCCC(C)C.COc1ccc(C)cc1.NC=O. The number of nitrogens with zero attached hydrogens (tertiary/aromatic N) is 1. The number of aliphatic imine (C=N–C) groups is 1. The molecule has 0 aliphatic heterocycles. The van der Waals surface area contributed by atoms with Crippen LogP contribution in [0.3, 0.4) is 0 Å². The van der Waals surface area contributed by atoms with Crippen LogP contribution in [-0.2, 0) is 14.4 Å². The number of carbonyl (C=O) groups is 3. The Bertz CT molecular complexity index is 552. The number of benzene rings is 1. The normalized spacial score (nSPS) is 9.69. The number of allylic oxidation sites excluding steroid dienone is 2.